The van der Waals surface area contributed by atoms with Crippen LogP contribution in [0.5, 0.6) is 0 Å². The van der Waals surface area contributed by atoms with Crippen molar-refractivity contribution < 1.29 is 24.2 Å². The molecule has 0 aliphatic heterocycles. The predicted octanol–water partition coefficient (Wildman–Crippen LogP) is 5.09. The number of ether oxygens (including phenoxy) is 1. The van der Waals surface area contributed by atoms with Crippen LogP contribution in [0.4, 0.5) is 4.79 Å². The van der Waals surface area contributed by atoms with E-state index >= 15 is 0 Å². The number of aliphatic carboxylic acids is 1. The minimum Gasteiger partial charge on any atom is -0.481 e. The van der Waals surface area contributed by atoms with E-state index in [4.69, 9.17) is 4.74 Å². The van der Waals surface area contributed by atoms with Gasteiger partial charge in [-0.2, -0.15) is 0 Å². The van der Waals surface area contributed by atoms with Crippen molar-refractivity contribution in [2.75, 3.05) is 6.61 Å². The van der Waals surface area contributed by atoms with E-state index in [1.54, 1.807) is 0 Å². The van der Waals surface area contributed by atoms with Crippen molar-refractivity contribution in [2.24, 2.45) is 5.41 Å². The molecule has 0 spiro atoms. The van der Waals surface area contributed by atoms with E-state index in [9.17, 15) is 19.5 Å². The highest BCUT2D eigenvalue weighted by molar-refractivity contribution is 5.86. The Hall–Kier alpha value is -3.35. The van der Waals surface area contributed by atoms with Gasteiger partial charge in [0.2, 0.25) is 5.91 Å². The highest BCUT2D eigenvalue weighted by Gasteiger charge is 2.30. The molecule has 0 heterocycles. The van der Waals surface area contributed by atoms with Gasteiger partial charge in [-0.15, -0.1) is 0 Å². The molecule has 0 saturated carbocycles. The molecule has 0 radical (unpaired) electrons. The fourth-order valence-corrected chi connectivity index (χ4v) is 4.77. The first-order valence-electron chi connectivity index (χ1n) is 12.2. The van der Waals surface area contributed by atoms with Gasteiger partial charge in [0.25, 0.3) is 0 Å². The molecule has 1 aliphatic carbocycles. The van der Waals surface area contributed by atoms with Crippen LogP contribution < -0.4 is 10.6 Å². The molecule has 7 nitrogen and oxygen atoms in total. The summed E-state index contributed by atoms with van der Waals surface area (Å²) >= 11 is 0. The zero-order valence-electron chi connectivity index (χ0n) is 21.0. The Morgan fingerprint density at radius 3 is 2.06 bits per heavy atom. The first-order valence-corrected chi connectivity index (χ1v) is 12.2. The standard InChI is InChI=1S/C28H36N2O5/c1-5-10-24(26(33)29-18(15-25(31)32)16-28(2,3)4)30-27(34)35-17-23-21-13-8-6-11-19(21)20-12-7-9-14-22(20)23/h6-9,11-14,18,23-24H,5,10,15-17H2,1-4H3,(H,29,33)(H,30,34)(H,31,32)/t18?,24-/m1/s1. The lowest BCUT2D eigenvalue weighted by molar-refractivity contribution is -0.138. The highest BCUT2D eigenvalue weighted by Crippen LogP contribution is 2.44. The number of nitrogens with one attached hydrogen (secondary N) is 2. The maximum Gasteiger partial charge on any atom is 0.407 e. The number of hydrogen-bond acceptors (Lipinski definition) is 4. The minimum atomic E-state index is -0.976. The van der Waals surface area contributed by atoms with Crippen LogP contribution >= 0.6 is 0 Å². The Kier molecular flexibility index (Phi) is 8.54. The van der Waals surface area contributed by atoms with Crippen LogP contribution in [0.3, 0.4) is 0 Å². The number of carbonyl (C=O) groups excluding carboxylic acids is 2. The summed E-state index contributed by atoms with van der Waals surface area (Å²) in [6.07, 6.45) is 0.767. The van der Waals surface area contributed by atoms with E-state index in [1.165, 1.54) is 0 Å². The Labute approximate surface area is 207 Å². The predicted molar refractivity (Wildman–Crippen MR) is 135 cm³/mol. The number of fused-ring (bicyclic) bond motifs is 3. The van der Waals surface area contributed by atoms with Crippen molar-refractivity contribution in [1.29, 1.82) is 0 Å². The van der Waals surface area contributed by atoms with Crippen LogP contribution in [0.15, 0.2) is 48.5 Å². The second-order valence-electron chi connectivity index (χ2n) is 10.4. The first-order chi connectivity index (χ1) is 16.6. The van der Waals surface area contributed by atoms with Gasteiger partial charge in [-0.1, -0.05) is 82.6 Å². The smallest absolute Gasteiger partial charge is 0.407 e. The molecule has 0 saturated heterocycles. The van der Waals surface area contributed by atoms with Crippen molar-refractivity contribution in [3.63, 3.8) is 0 Å². The summed E-state index contributed by atoms with van der Waals surface area (Å²) in [6.45, 7) is 8.06. The molecule has 35 heavy (non-hydrogen) atoms. The second-order valence-corrected chi connectivity index (χ2v) is 10.4. The normalized spacial score (nSPS) is 14.4. The Morgan fingerprint density at radius 2 is 1.54 bits per heavy atom. The van der Waals surface area contributed by atoms with E-state index < -0.39 is 30.1 Å². The maximum atomic E-state index is 13.0. The van der Waals surface area contributed by atoms with Crippen LogP contribution in [0.25, 0.3) is 11.1 Å². The molecule has 2 aromatic carbocycles. The highest BCUT2D eigenvalue weighted by atomic mass is 16.5. The Morgan fingerprint density at radius 1 is 0.971 bits per heavy atom. The first kappa shape index (κ1) is 26.3. The number of hydrogen-bond donors (Lipinski definition) is 3. The molecular weight excluding hydrogens is 444 g/mol. The van der Waals surface area contributed by atoms with E-state index in [-0.39, 0.29) is 24.4 Å². The summed E-state index contributed by atoms with van der Waals surface area (Å²) < 4.78 is 5.59. The summed E-state index contributed by atoms with van der Waals surface area (Å²) in [6, 6.07) is 14.9. The van der Waals surface area contributed by atoms with Gasteiger partial charge >= 0.3 is 12.1 Å². The zero-order chi connectivity index (χ0) is 25.6. The third kappa shape index (κ3) is 7.07. The van der Waals surface area contributed by atoms with Gasteiger partial charge in [0.1, 0.15) is 12.6 Å². The summed E-state index contributed by atoms with van der Waals surface area (Å²) in [5.41, 5.74) is 4.35. The van der Waals surface area contributed by atoms with Crippen molar-refractivity contribution in [3.05, 3.63) is 59.7 Å². The topological polar surface area (TPSA) is 105 Å². The molecule has 0 bridgehead atoms. The van der Waals surface area contributed by atoms with E-state index in [0.717, 1.165) is 22.3 Å². The van der Waals surface area contributed by atoms with Crippen molar-refractivity contribution in [3.8, 4) is 11.1 Å². The van der Waals surface area contributed by atoms with Gasteiger partial charge in [0, 0.05) is 12.0 Å². The van der Waals surface area contributed by atoms with Gasteiger partial charge in [0.05, 0.1) is 6.42 Å². The molecule has 0 aromatic heterocycles. The number of carbonyl (C=O) groups is 3. The fraction of sp³-hybridized carbons (Fsp3) is 0.464. The molecule has 1 aliphatic rings. The SMILES string of the molecule is CCC[C@@H](NC(=O)OCC1c2ccccc2-c2ccccc21)C(=O)NC(CC(=O)O)CC(C)(C)C. The van der Waals surface area contributed by atoms with Gasteiger partial charge in [0.15, 0.2) is 0 Å². The zero-order valence-corrected chi connectivity index (χ0v) is 21.0. The van der Waals surface area contributed by atoms with Crippen molar-refractivity contribution in [2.45, 2.75) is 71.4 Å². The van der Waals surface area contributed by atoms with Crippen LogP contribution in [0.1, 0.15) is 70.4 Å². The lowest BCUT2D eigenvalue weighted by atomic mass is 9.87. The van der Waals surface area contributed by atoms with Gasteiger partial charge < -0.3 is 20.5 Å². The molecule has 1 unspecified atom stereocenters. The summed E-state index contributed by atoms with van der Waals surface area (Å²) in [4.78, 5) is 37.0. The van der Waals surface area contributed by atoms with Gasteiger partial charge in [-0.05, 0) is 40.5 Å². The number of rotatable bonds is 10. The molecule has 188 valence electrons. The van der Waals surface area contributed by atoms with Crippen molar-refractivity contribution >= 4 is 18.0 Å². The quantitative estimate of drug-likeness (QED) is 0.439. The van der Waals surface area contributed by atoms with E-state index in [1.807, 2.05) is 64.1 Å². The minimum absolute atomic E-state index is 0.0710. The maximum absolute atomic E-state index is 13.0. The molecule has 0 fully saturated rings. The van der Waals surface area contributed by atoms with E-state index in [2.05, 4.69) is 22.8 Å². The lowest BCUT2D eigenvalue weighted by Gasteiger charge is -2.27. The fourth-order valence-electron chi connectivity index (χ4n) is 4.77. The molecule has 3 rings (SSSR count). The summed E-state index contributed by atoms with van der Waals surface area (Å²) in [5, 5.41) is 14.8. The largest absolute Gasteiger partial charge is 0.481 e. The van der Waals surface area contributed by atoms with Gasteiger partial charge in [-0.25, -0.2) is 4.79 Å². The molecule has 2 amide bonds. The number of benzene rings is 2. The molecule has 2 aromatic rings. The summed E-state index contributed by atoms with van der Waals surface area (Å²) in [7, 11) is 0. The molecular formula is C28H36N2O5. The van der Waals surface area contributed by atoms with E-state index in [0.29, 0.717) is 19.3 Å². The van der Waals surface area contributed by atoms with Crippen molar-refractivity contribution in [1.82, 2.24) is 10.6 Å². The number of carboxylic acid groups (broad SMARTS) is 1. The monoisotopic (exact) mass is 480 g/mol. The number of carboxylic acids is 1. The van der Waals surface area contributed by atoms with Crippen LogP contribution in [-0.4, -0.2) is 41.8 Å². The second kappa shape index (κ2) is 11.4. The van der Waals surface area contributed by atoms with Crippen LogP contribution in [0, 0.1) is 5.41 Å². The molecule has 3 N–H and O–H groups in total. The molecule has 2 atom stereocenters. The third-order valence-corrected chi connectivity index (χ3v) is 6.16. The van der Waals surface area contributed by atoms with Gasteiger partial charge in [-0.3, -0.25) is 9.59 Å². The molecule has 7 heteroatoms. The van der Waals surface area contributed by atoms with Crippen LogP contribution in [-0.2, 0) is 14.3 Å². The summed E-state index contributed by atoms with van der Waals surface area (Å²) in [5.74, 6) is -1.44. The average molecular weight is 481 g/mol. The Balaban J connectivity index is 1.64. The third-order valence-electron chi connectivity index (χ3n) is 6.16. The van der Waals surface area contributed by atoms with Crippen LogP contribution in [0.2, 0.25) is 0 Å². The lowest BCUT2D eigenvalue weighted by Crippen LogP contribution is -2.50. The number of alkyl carbamates (subject to hydrolysis) is 1. The number of amides is 2. The Bertz CT molecular complexity index is 1010. The average Bonchev–Trinajstić information content (AvgIpc) is 3.09.